The van der Waals surface area contributed by atoms with Crippen LogP contribution in [0.15, 0.2) is 48.5 Å². The van der Waals surface area contributed by atoms with Gasteiger partial charge in [0.25, 0.3) is 0 Å². The second-order valence-electron chi connectivity index (χ2n) is 8.04. The average Bonchev–Trinajstić information content (AvgIpc) is 2.78. The molecular weight excluding hydrogens is 404 g/mol. The van der Waals surface area contributed by atoms with Gasteiger partial charge in [0.15, 0.2) is 5.78 Å². The van der Waals surface area contributed by atoms with Gasteiger partial charge >= 0.3 is 5.97 Å². The number of aliphatic carboxylic acids is 1. The number of amides is 1. The smallest absolute Gasteiger partial charge is 0.326 e. The van der Waals surface area contributed by atoms with E-state index in [4.69, 9.17) is 0 Å². The summed E-state index contributed by atoms with van der Waals surface area (Å²) in [6, 6.07) is 14.6. The lowest BCUT2D eigenvalue weighted by atomic mass is 10.00. The summed E-state index contributed by atoms with van der Waals surface area (Å²) < 4.78 is 0. The topological polar surface area (TPSA) is 95.5 Å². The fraction of sp³-hybridized carbons (Fsp3) is 0.423. The number of carbonyl (C=O) groups is 3. The van der Waals surface area contributed by atoms with E-state index in [0.29, 0.717) is 25.8 Å². The Balaban J connectivity index is 1.98. The van der Waals surface area contributed by atoms with Crippen molar-refractivity contribution in [3.05, 3.63) is 54.1 Å². The molecule has 1 amide bonds. The van der Waals surface area contributed by atoms with Gasteiger partial charge in [-0.1, -0.05) is 63.1 Å². The van der Waals surface area contributed by atoms with Gasteiger partial charge in [-0.2, -0.15) is 0 Å². The van der Waals surface area contributed by atoms with Gasteiger partial charge in [0.05, 0.1) is 6.54 Å². The van der Waals surface area contributed by atoms with Gasteiger partial charge in [-0.3, -0.25) is 9.59 Å². The third kappa shape index (κ3) is 8.53. The Morgan fingerprint density at radius 3 is 2.31 bits per heavy atom. The molecular formula is C26H34N2O4. The summed E-state index contributed by atoms with van der Waals surface area (Å²) in [5.74, 6) is -1.07. The molecule has 0 aliphatic heterocycles. The summed E-state index contributed by atoms with van der Waals surface area (Å²) in [5, 5.41) is 15.2. The summed E-state index contributed by atoms with van der Waals surface area (Å²) >= 11 is 0. The van der Waals surface area contributed by atoms with Crippen molar-refractivity contribution in [2.75, 3.05) is 11.9 Å². The first-order valence-corrected chi connectivity index (χ1v) is 11.4. The van der Waals surface area contributed by atoms with Crippen LogP contribution in [0.4, 0.5) is 5.69 Å². The van der Waals surface area contributed by atoms with E-state index in [-0.39, 0.29) is 18.1 Å². The summed E-state index contributed by atoms with van der Waals surface area (Å²) in [6.45, 7) is 4.33. The SMILES string of the molecule is CCCCCC(=O)CNc1cccc(-c2ccc(C[C@H](NC(=O)CCC)C(=O)O)cc2)c1. The van der Waals surface area contributed by atoms with Crippen LogP contribution in [0.2, 0.25) is 0 Å². The molecule has 0 heterocycles. The fourth-order valence-electron chi connectivity index (χ4n) is 3.43. The van der Waals surface area contributed by atoms with Crippen molar-refractivity contribution in [3.63, 3.8) is 0 Å². The first kappa shape index (κ1) is 25.1. The van der Waals surface area contributed by atoms with E-state index in [1.165, 1.54) is 0 Å². The molecule has 0 saturated carbocycles. The second kappa shape index (κ2) is 13.3. The minimum atomic E-state index is -1.04. The van der Waals surface area contributed by atoms with Crippen molar-refractivity contribution in [2.24, 2.45) is 0 Å². The average molecular weight is 439 g/mol. The number of carbonyl (C=O) groups excluding carboxylic acids is 2. The number of anilines is 1. The molecule has 0 bridgehead atoms. The van der Waals surface area contributed by atoms with Crippen LogP contribution in [0.1, 0.15) is 57.9 Å². The quantitative estimate of drug-likeness (QED) is 0.367. The van der Waals surface area contributed by atoms with Crippen LogP contribution >= 0.6 is 0 Å². The van der Waals surface area contributed by atoms with E-state index in [0.717, 1.165) is 41.6 Å². The molecule has 0 fully saturated rings. The van der Waals surface area contributed by atoms with E-state index in [1.54, 1.807) is 0 Å². The Bertz CT molecular complexity index is 893. The van der Waals surface area contributed by atoms with Crippen LogP contribution in [0.25, 0.3) is 11.1 Å². The zero-order valence-corrected chi connectivity index (χ0v) is 19.0. The molecule has 2 aromatic carbocycles. The lowest BCUT2D eigenvalue weighted by molar-refractivity contribution is -0.141. The molecule has 2 aromatic rings. The number of carboxylic acid groups (broad SMARTS) is 1. The van der Waals surface area contributed by atoms with Gasteiger partial charge in [0.2, 0.25) is 5.91 Å². The second-order valence-corrected chi connectivity index (χ2v) is 8.04. The molecule has 0 aliphatic rings. The zero-order valence-electron chi connectivity index (χ0n) is 19.0. The summed E-state index contributed by atoms with van der Waals surface area (Å²) in [5.41, 5.74) is 3.73. The number of carboxylic acids is 1. The highest BCUT2D eigenvalue weighted by Crippen LogP contribution is 2.23. The van der Waals surface area contributed by atoms with E-state index in [2.05, 4.69) is 17.6 Å². The zero-order chi connectivity index (χ0) is 23.3. The molecule has 0 aliphatic carbocycles. The molecule has 6 heteroatoms. The van der Waals surface area contributed by atoms with Crippen LogP contribution in [0, 0.1) is 0 Å². The Kier molecular flexibility index (Phi) is 10.4. The van der Waals surface area contributed by atoms with E-state index in [1.807, 2.05) is 55.5 Å². The minimum absolute atomic E-state index is 0.215. The van der Waals surface area contributed by atoms with Crippen molar-refractivity contribution in [2.45, 2.75) is 64.8 Å². The molecule has 1 atom stereocenters. The Labute approximate surface area is 190 Å². The molecule has 3 N–H and O–H groups in total. The number of nitrogens with one attached hydrogen (secondary N) is 2. The molecule has 0 saturated heterocycles. The molecule has 172 valence electrons. The van der Waals surface area contributed by atoms with Gasteiger partial charge in [-0.15, -0.1) is 0 Å². The van der Waals surface area contributed by atoms with Gasteiger partial charge in [0.1, 0.15) is 6.04 Å². The van der Waals surface area contributed by atoms with Gasteiger partial charge < -0.3 is 15.7 Å². The molecule has 32 heavy (non-hydrogen) atoms. The predicted octanol–water partition coefficient (Wildman–Crippen LogP) is 4.83. The Morgan fingerprint density at radius 1 is 0.906 bits per heavy atom. The van der Waals surface area contributed by atoms with E-state index >= 15 is 0 Å². The van der Waals surface area contributed by atoms with Crippen LogP contribution < -0.4 is 10.6 Å². The monoisotopic (exact) mass is 438 g/mol. The van der Waals surface area contributed by atoms with Crippen molar-refractivity contribution < 1.29 is 19.5 Å². The van der Waals surface area contributed by atoms with Gasteiger partial charge in [0, 0.05) is 24.9 Å². The van der Waals surface area contributed by atoms with Crippen LogP contribution in [-0.2, 0) is 20.8 Å². The number of benzene rings is 2. The normalized spacial score (nSPS) is 11.6. The molecule has 0 unspecified atom stereocenters. The maximum absolute atomic E-state index is 12.0. The van der Waals surface area contributed by atoms with Crippen molar-refractivity contribution in [1.29, 1.82) is 0 Å². The van der Waals surface area contributed by atoms with Gasteiger partial charge in [-0.05, 0) is 41.7 Å². The predicted molar refractivity (Wildman–Crippen MR) is 128 cm³/mol. The number of hydrogen-bond acceptors (Lipinski definition) is 4. The summed E-state index contributed by atoms with van der Waals surface area (Å²) in [6.07, 6.45) is 4.95. The van der Waals surface area contributed by atoms with Crippen molar-refractivity contribution in [3.8, 4) is 11.1 Å². The Hall–Kier alpha value is -3.15. The molecule has 0 spiro atoms. The molecule has 6 nitrogen and oxygen atoms in total. The van der Waals surface area contributed by atoms with Gasteiger partial charge in [-0.25, -0.2) is 4.79 Å². The van der Waals surface area contributed by atoms with Crippen LogP contribution in [0.3, 0.4) is 0 Å². The maximum Gasteiger partial charge on any atom is 0.326 e. The molecule has 2 rings (SSSR count). The summed E-state index contributed by atoms with van der Waals surface area (Å²) in [4.78, 5) is 35.3. The number of rotatable bonds is 14. The molecule has 0 radical (unpaired) electrons. The standard InChI is InChI=1S/C26H34N2O4/c1-3-5-6-11-23(29)18-27-22-10-7-9-21(17-22)20-14-12-19(13-15-20)16-24(26(31)32)28-25(30)8-4-2/h7,9-10,12-15,17,24,27H,3-6,8,11,16,18H2,1-2H3,(H,28,30)(H,31,32)/t24-/m0/s1. The lowest BCUT2D eigenvalue weighted by Crippen LogP contribution is -2.42. The Morgan fingerprint density at radius 2 is 1.66 bits per heavy atom. The first-order valence-electron chi connectivity index (χ1n) is 11.4. The highest BCUT2D eigenvalue weighted by Gasteiger charge is 2.20. The minimum Gasteiger partial charge on any atom is -0.480 e. The van der Waals surface area contributed by atoms with Crippen molar-refractivity contribution in [1.82, 2.24) is 5.32 Å². The summed E-state index contributed by atoms with van der Waals surface area (Å²) in [7, 11) is 0. The van der Waals surface area contributed by atoms with Crippen LogP contribution in [0.5, 0.6) is 0 Å². The van der Waals surface area contributed by atoms with Crippen molar-refractivity contribution >= 4 is 23.3 Å². The highest BCUT2D eigenvalue weighted by atomic mass is 16.4. The maximum atomic E-state index is 12.0. The van der Waals surface area contributed by atoms with Crippen LogP contribution in [-0.4, -0.2) is 35.4 Å². The first-order chi connectivity index (χ1) is 15.4. The lowest BCUT2D eigenvalue weighted by Gasteiger charge is -2.15. The third-order valence-electron chi connectivity index (χ3n) is 5.25. The third-order valence-corrected chi connectivity index (χ3v) is 5.25. The number of unbranched alkanes of at least 4 members (excludes halogenated alkanes) is 2. The molecule has 0 aromatic heterocycles. The number of ketones is 1. The number of hydrogen-bond donors (Lipinski definition) is 3. The van der Waals surface area contributed by atoms with E-state index < -0.39 is 12.0 Å². The number of Topliss-reactive ketones (excluding diaryl/α,β-unsaturated/α-hetero) is 1. The highest BCUT2D eigenvalue weighted by molar-refractivity contribution is 5.84. The fourth-order valence-corrected chi connectivity index (χ4v) is 3.43. The largest absolute Gasteiger partial charge is 0.480 e. The van der Waals surface area contributed by atoms with E-state index in [9.17, 15) is 19.5 Å².